The van der Waals surface area contributed by atoms with Crippen molar-refractivity contribution >= 4 is 0 Å². The Hall–Kier alpha value is -0.840. The Kier molecular flexibility index (Phi) is 5.43. The first-order chi connectivity index (χ1) is 9.22. The van der Waals surface area contributed by atoms with Crippen molar-refractivity contribution in [3.05, 3.63) is 23.7 Å². The Morgan fingerprint density at radius 2 is 2.00 bits per heavy atom. The fraction of sp³-hybridized carbons (Fsp3) is 0.733. The maximum absolute atomic E-state index is 5.81. The van der Waals surface area contributed by atoms with Gasteiger partial charge in [-0.3, -0.25) is 4.90 Å². The fourth-order valence-electron chi connectivity index (χ4n) is 2.83. The van der Waals surface area contributed by atoms with Crippen molar-refractivity contribution in [2.45, 2.75) is 38.9 Å². The van der Waals surface area contributed by atoms with E-state index in [1.54, 1.807) is 0 Å². The molecule has 1 fully saturated rings. The Balaban J connectivity index is 1.81. The predicted molar refractivity (Wildman–Crippen MR) is 78.1 cm³/mol. The molecule has 2 heterocycles. The molecule has 0 aliphatic carbocycles. The third kappa shape index (κ3) is 4.06. The number of furan rings is 1. The first-order valence-corrected chi connectivity index (χ1v) is 7.37. The van der Waals surface area contributed by atoms with E-state index in [4.69, 9.17) is 4.42 Å². The highest BCUT2D eigenvalue weighted by atomic mass is 16.3. The van der Waals surface area contributed by atoms with Crippen LogP contribution in [0.2, 0.25) is 0 Å². The zero-order valence-corrected chi connectivity index (χ0v) is 12.5. The molecule has 0 aromatic carbocycles. The summed E-state index contributed by atoms with van der Waals surface area (Å²) in [6.45, 7) is 7.61. The van der Waals surface area contributed by atoms with E-state index in [9.17, 15) is 0 Å². The lowest BCUT2D eigenvalue weighted by atomic mass is 10.0. The van der Waals surface area contributed by atoms with Crippen molar-refractivity contribution in [3.8, 4) is 0 Å². The quantitative estimate of drug-likeness (QED) is 0.851. The maximum Gasteiger partial charge on any atom is 0.118 e. The summed E-state index contributed by atoms with van der Waals surface area (Å²) in [5, 5.41) is 3.11. The van der Waals surface area contributed by atoms with Gasteiger partial charge < -0.3 is 14.6 Å². The van der Waals surface area contributed by atoms with Crippen molar-refractivity contribution < 1.29 is 4.42 Å². The summed E-state index contributed by atoms with van der Waals surface area (Å²) in [6, 6.07) is 4.87. The summed E-state index contributed by atoms with van der Waals surface area (Å²) < 4.78 is 5.81. The molecule has 1 aliphatic rings. The molecule has 0 amide bonds. The van der Waals surface area contributed by atoms with Gasteiger partial charge in [0.1, 0.15) is 11.5 Å². The number of piperidine rings is 1. The Labute approximate surface area is 116 Å². The highest BCUT2D eigenvalue weighted by Gasteiger charge is 2.22. The summed E-state index contributed by atoms with van der Waals surface area (Å²) in [5.74, 6) is 2.09. The van der Waals surface area contributed by atoms with E-state index in [1.807, 2.05) is 7.05 Å². The standard InChI is InChI=1S/C15H27N3O/c1-4-18-9-7-13(8-10-18)17(3)12-15-6-5-14(19-15)11-16-2/h5-6,13,16H,4,7-12H2,1-3H3. The van der Waals surface area contributed by atoms with Crippen LogP contribution in [0, 0.1) is 0 Å². The molecule has 1 saturated heterocycles. The lowest BCUT2D eigenvalue weighted by molar-refractivity contribution is 0.121. The SMILES string of the molecule is CCN1CCC(N(C)Cc2ccc(CNC)o2)CC1. The molecule has 1 N–H and O–H groups in total. The van der Waals surface area contributed by atoms with Crippen molar-refractivity contribution in [3.63, 3.8) is 0 Å². The van der Waals surface area contributed by atoms with Crippen LogP contribution in [0.1, 0.15) is 31.3 Å². The summed E-state index contributed by atoms with van der Waals surface area (Å²) in [4.78, 5) is 4.97. The van der Waals surface area contributed by atoms with E-state index in [0.29, 0.717) is 6.04 Å². The molecule has 0 atom stereocenters. The van der Waals surface area contributed by atoms with Gasteiger partial charge in [-0.15, -0.1) is 0 Å². The number of hydrogen-bond acceptors (Lipinski definition) is 4. The van der Waals surface area contributed by atoms with E-state index in [-0.39, 0.29) is 0 Å². The van der Waals surface area contributed by atoms with Gasteiger partial charge in [0, 0.05) is 6.04 Å². The fourth-order valence-corrected chi connectivity index (χ4v) is 2.83. The normalized spacial score (nSPS) is 18.3. The number of hydrogen-bond donors (Lipinski definition) is 1. The second-order valence-electron chi connectivity index (χ2n) is 5.48. The van der Waals surface area contributed by atoms with Crippen LogP contribution >= 0.6 is 0 Å². The third-order valence-electron chi connectivity index (χ3n) is 4.10. The zero-order chi connectivity index (χ0) is 13.7. The molecule has 0 radical (unpaired) electrons. The summed E-state index contributed by atoms with van der Waals surface area (Å²) in [6.07, 6.45) is 2.54. The first kappa shape index (κ1) is 14.6. The van der Waals surface area contributed by atoms with Gasteiger partial charge in [-0.2, -0.15) is 0 Å². The molecular weight excluding hydrogens is 238 g/mol. The lowest BCUT2D eigenvalue weighted by Gasteiger charge is -2.35. The monoisotopic (exact) mass is 265 g/mol. The van der Waals surface area contributed by atoms with Crippen LogP contribution in [0.4, 0.5) is 0 Å². The lowest BCUT2D eigenvalue weighted by Crippen LogP contribution is -2.42. The minimum atomic E-state index is 0.695. The van der Waals surface area contributed by atoms with Gasteiger partial charge in [-0.25, -0.2) is 0 Å². The van der Waals surface area contributed by atoms with Gasteiger partial charge in [0.15, 0.2) is 0 Å². The number of nitrogens with one attached hydrogen (secondary N) is 1. The van der Waals surface area contributed by atoms with Crippen molar-refractivity contribution in [1.29, 1.82) is 0 Å². The van der Waals surface area contributed by atoms with Crippen LogP contribution in [-0.2, 0) is 13.1 Å². The molecule has 1 aromatic heterocycles. The zero-order valence-electron chi connectivity index (χ0n) is 12.5. The molecular formula is C15H27N3O. The van der Waals surface area contributed by atoms with Gasteiger partial charge >= 0.3 is 0 Å². The van der Waals surface area contributed by atoms with Crippen LogP contribution in [0.25, 0.3) is 0 Å². The Morgan fingerprint density at radius 3 is 2.63 bits per heavy atom. The first-order valence-electron chi connectivity index (χ1n) is 7.37. The van der Waals surface area contributed by atoms with Crippen molar-refractivity contribution in [2.24, 2.45) is 0 Å². The van der Waals surface area contributed by atoms with E-state index in [2.05, 4.69) is 41.2 Å². The second kappa shape index (κ2) is 7.08. The number of rotatable bonds is 6. The van der Waals surface area contributed by atoms with Gasteiger partial charge in [0.2, 0.25) is 0 Å². The molecule has 0 unspecified atom stereocenters. The molecule has 4 nitrogen and oxygen atoms in total. The minimum absolute atomic E-state index is 0.695. The summed E-state index contributed by atoms with van der Waals surface area (Å²) in [7, 11) is 4.16. The Bertz CT molecular complexity index is 369. The van der Waals surface area contributed by atoms with Crippen molar-refractivity contribution in [1.82, 2.24) is 15.1 Å². The minimum Gasteiger partial charge on any atom is -0.463 e. The van der Waals surface area contributed by atoms with Crippen LogP contribution in [-0.4, -0.2) is 49.6 Å². The molecule has 1 aliphatic heterocycles. The highest BCUT2D eigenvalue weighted by molar-refractivity contribution is 5.07. The van der Waals surface area contributed by atoms with Crippen LogP contribution < -0.4 is 5.32 Å². The molecule has 0 saturated carbocycles. The van der Waals surface area contributed by atoms with E-state index >= 15 is 0 Å². The van der Waals surface area contributed by atoms with Crippen LogP contribution in [0.3, 0.4) is 0 Å². The van der Waals surface area contributed by atoms with Gasteiger partial charge in [-0.05, 0) is 58.7 Å². The largest absolute Gasteiger partial charge is 0.463 e. The van der Waals surface area contributed by atoms with E-state index in [1.165, 1.54) is 32.5 Å². The molecule has 1 aromatic rings. The molecule has 4 heteroatoms. The molecule has 19 heavy (non-hydrogen) atoms. The predicted octanol–water partition coefficient (Wildman–Crippen LogP) is 1.92. The average molecular weight is 265 g/mol. The number of nitrogens with zero attached hydrogens (tertiary/aromatic N) is 2. The highest BCUT2D eigenvalue weighted by Crippen LogP contribution is 2.18. The van der Waals surface area contributed by atoms with E-state index < -0.39 is 0 Å². The second-order valence-corrected chi connectivity index (χ2v) is 5.48. The summed E-state index contributed by atoms with van der Waals surface area (Å²) in [5.41, 5.74) is 0. The topological polar surface area (TPSA) is 31.6 Å². The van der Waals surface area contributed by atoms with Gasteiger partial charge in [0.05, 0.1) is 13.1 Å². The molecule has 0 spiro atoms. The molecule has 108 valence electrons. The van der Waals surface area contributed by atoms with E-state index in [0.717, 1.165) is 24.6 Å². The maximum atomic E-state index is 5.81. The van der Waals surface area contributed by atoms with Gasteiger partial charge in [-0.1, -0.05) is 6.92 Å². The number of likely N-dealkylation sites (tertiary alicyclic amines) is 1. The van der Waals surface area contributed by atoms with Crippen LogP contribution in [0.15, 0.2) is 16.5 Å². The molecule has 2 rings (SSSR count). The van der Waals surface area contributed by atoms with Crippen LogP contribution in [0.5, 0.6) is 0 Å². The van der Waals surface area contributed by atoms with Gasteiger partial charge in [0.25, 0.3) is 0 Å². The smallest absolute Gasteiger partial charge is 0.118 e. The average Bonchev–Trinajstić information content (AvgIpc) is 2.86. The van der Waals surface area contributed by atoms with Crippen molar-refractivity contribution in [2.75, 3.05) is 33.7 Å². The Morgan fingerprint density at radius 1 is 1.32 bits per heavy atom. The third-order valence-corrected chi connectivity index (χ3v) is 4.10. The molecule has 0 bridgehead atoms. The summed E-state index contributed by atoms with van der Waals surface area (Å²) >= 11 is 0.